The first kappa shape index (κ1) is 32.1. The number of nitrogens with zero attached hydrogens (tertiary/aromatic N) is 4. The molecule has 274 valence electrons. The summed E-state index contributed by atoms with van der Waals surface area (Å²) in [7, 11) is 0. The molecule has 0 fully saturated rings. The van der Waals surface area contributed by atoms with Gasteiger partial charge in [-0.15, -0.1) is 0 Å². The van der Waals surface area contributed by atoms with Crippen molar-refractivity contribution in [3.05, 3.63) is 194 Å². The Labute approximate surface area is 337 Å². The topological polar surface area (TPSA) is 48.8 Å². The first-order valence-electron chi connectivity index (χ1n) is 20.0. The molecule has 0 aliphatic rings. The van der Waals surface area contributed by atoms with E-state index in [1.165, 1.54) is 37.8 Å². The number of hydrogen-bond acceptors (Lipinski definition) is 3. The Morgan fingerprint density at radius 1 is 0.373 bits per heavy atom. The number of benzene rings is 9. The SMILES string of the molecule is c1ccc(-c2nc(-c3ccc(-n4c5ccccc5c5c4ccc4c6cc7c(cc6n(-c6ccc8ccccc8c6)c45)oc4ccccc47)cc3)nc3ccccc23)cc1. The van der Waals surface area contributed by atoms with Gasteiger partial charge in [-0.3, -0.25) is 0 Å². The molecule has 0 unspecified atom stereocenters. The van der Waals surface area contributed by atoms with Crippen LogP contribution in [-0.4, -0.2) is 19.1 Å². The highest BCUT2D eigenvalue weighted by Crippen LogP contribution is 2.44. The third-order valence-corrected chi connectivity index (χ3v) is 12.1. The van der Waals surface area contributed by atoms with Gasteiger partial charge < -0.3 is 13.6 Å². The van der Waals surface area contributed by atoms with E-state index in [2.05, 4.69) is 179 Å². The quantitative estimate of drug-likeness (QED) is 0.180. The molecule has 5 heteroatoms. The molecule has 59 heavy (non-hydrogen) atoms. The Balaban J connectivity index is 1.06. The largest absolute Gasteiger partial charge is 0.456 e. The van der Waals surface area contributed by atoms with Gasteiger partial charge >= 0.3 is 0 Å². The summed E-state index contributed by atoms with van der Waals surface area (Å²) in [5.41, 5.74) is 12.4. The molecule has 0 aliphatic carbocycles. The fraction of sp³-hybridized carbons (Fsp3) is 0. The predicted molar refractivity (Wildman–Crippen MR) is 244 cm³/mol. The third kappa shape index (κ3) is 4.73. The summed E-state index contributed by atoms with van der Waals surface area (Å²) >= 11 is 0. The van der Waals surface area contributed by atoms with Crippen LogP contribution >= 0.6 is 0 Å². The standard InChI is InChI=1S/C54H32N4O/c1-2-13-34(14-3-1)52-41-17-6-9-19-45(41)55-54(56-52)35-23-25-37(26-24-35)57-46-20-10-7-18-42(46)51-47(57)29-28-40-43-31-44-39-16-8-11-21-49(39)59-50(44)32-48(43)58(53(40)51)38-27-22-33-12-4-5-15-36(33)30-38/h1-32H. The highest BCUT2D eigenvalue weighted by Gasteiger charge is 2.23. The van der Waals surface area contributed by atoms with Crippen molar-refractivity contribution in [2.45, 2.75) is 0 Å². The van der Waals surface area contributed by atoms with E-state index in [9.17, 15) is 0 Å². The molecule has 0 bridgehead atoms. The van der Waals surface area contributed by atoms with Crippen LogP contribution in [0.2, 0.25) is 0 Å². The maximum Gasteiger partial charge on any atom is 0.160 e. The summed E-state index contributed by atoms with van der Waals surface area (Å²) in [6.45, 7) is 0. The van der Waals surface area contributed by atoms with Gasteiger partial charge in [-0.1, -0.05) is 121 Å². The van der Waals surface area contributed by atoms with Crippen LogP contribution in [0.15, 0.2) is 199 Å². The summed E-state index contributed by atoms with van der Waals surface area (Å²) in [4.78, 5) is 10.2. The molecule has 0 N–H and O–H groups in total. The zero-order chi connectivity index (χ0) is 38.6. The smallest absolute Gasteiger partial charge is 0.160 e. The van der Waals surface area contributed by atoms with E-state index < -0.39 is 0 Å². The lowest BCUT2D eigenvalue weighted by Crippen LogP contribution is -1.97. The molecule has 5 nitrogen and oxygen atoms in total. The molecule has 0 spiro atoms. The van der Waals surface area contributed by atoms with Crippen molar-refractivity contribution in [3.8, 4) is 34.0 Å². The van der Waals surface area contributed by atoms with Crippen LogP contribution < -0.4 is 0 Å². The monoisotopic (exact) mass is 752 g/mol. The summed E-state index contributed by atoms with van der Waals surface area (Å²) in [6, 6.07) is 69.0. The molecule has 9 aromatic carbocycles. The van der Waals surface area contributed by atoms with Gasteiger partial charge in [-0.25, -0.2) is 9.97 Å². The molecule has 13 rings (SSSR count). The molecule has 0 amide bonds. The van der Waals surface area contributed by atoms with Gasteiger partial charge in [-0.05, 0) is 77.5 Å². The van der Waals surface area contributed by atoms with Crippen LogP contribution in [0, 0.1) is 0 Å². The van der Waals surface area contributed by atoms with Crippen LogP contribution in [0.1, 0.15) is 0 Å². The molecule has 0 radical (unpaired) electrons. The van der Waals surface area contributed by atoms with E-state index in [0.717, 1.165) is 77.6 Å². The minimum absolute atomic E-state index is 0.705. The molecule has 0 aliphatic heterocycles. The fourth-order valence-electron chi connectivity index (χ4n) is 9.42. The summed E-state index contributed by atoms with van der Waals surface area (Å²) in [6.07, 6.45) is 0. The normalized spacial score (nSPS) is 12.1. The second-order valence-corrected chi connectivity index (χ2v) is 15.4. The maximum atomic E-state index is 6.50. The van der Waals surface area contributed by atoms with Gasteiger partial charge in [0.05, 0.1) is 33.3 Å². The van der Waals surface area contributed by atoms with Crippen LogP contribution in [0.25, 0.3) is 121 Å². The Morgan fingerprint density at radius 2 is 1.10 bits per heavy atom. The van der Waals surface area contributed by atoms with E-state index >= 15 is 0 Å². The second kappa shape index (κ2) is 12.2. The van der Waals surface area contributed by atoms with Crippen LogP contribution in [0.5, 0.6) is 0 Å². The highest BCUT2D eigenvalue weighted by atomic mass is 16.3. The van der Waals surface area contributed by atoms with Crippen molar-refractivity contribution in [1.29, 1.82) is 0 Å². The number of para-hydroxylation sites is 3. The highest BCUT2D eigenvalue weighted by molar-refractivity contribution is 6.28. The molecule has 0 saturated carbocycles. The first-order valence-corrected chi connectivity index (χ1v) is 20.0. The Kier molecular flexibility index (Phi) is 6.66. The first-order chi connectivity index (χ1) is 29.2. The summed E-state index contributed by atoms with van der Waals surface area (Å²) in [5.74, 6) is 0.705. The number of fused-ring (bicyclic) bond motifs is 12. The third-order valence-electron chi connectivity index (χ3n) is 12.1. The van der Waals surface area contributed by atoms with Gasteiger partial charge in [0.2, 0.25) is 0 Å². The minimum atomic E-state index is 0.705. The molecule has 4 aromatic heterocycles. The number of aromatic nitrogens is 4. The Bertz CT molecular complexity index is 3830. The summed E-state index contributed by atoms with van der Waals surface area (Å²) in [5, 5.41) is 10.5. The van der Waals surface area contributed by atoms with E-state index in [1.54, 1.807) is 0 Å². The average molecular weight is 753 g/mol. The van der Waals surface area contributed by atoms with Gasteiger partial charge in [0, 0.05) is 66.3 Å². The zero-order valence-electron chi connectivity index (χ0n) is 31.7. The Hall–Kier alpha value is -8.02. The summed E-state index contributed by atoms with van der Waals surface area (Å²) < 4.78 is 11.3. The molecule has 0 saturated heterocycles. The molecule has 13 aromatic rings. The number of hydrogen-bond donors (Lipinski definition) is 0. The predicted octanol–water partition coefficient (Wildman–Crippen LogP) is 14.2. The van der Waals surface area contributed by atoms with E-state index in [4.69, 9.17) is 14.4 Å². The van der Waals surface area contributed by atoms with Crippen molar-refractivity contribution >= 4 is 87.2 Å². The minimum Gasteiger partial charge on any atom is -0.456 e. The van der Waals surface area contributed by atoms with Crippen molar-refractivity contribution in [3.63, 3.8) is 0 Å². The van der Waals surface area contributed by atoms with E-state index in [0.29, 0.717) is 5.82 Å². The van der Waals surface area contributed by atoms with Gasteiger partial charge in [-0.2, -0.15) is 0 Å². The van der Waals surface area contributed by atoms with Crippen molar-refractivity contribution in [1.82, 2.24) is 19.1 Å². The Morgan fingerprint density at radius 3 is 1.98 bits per heavy atom. The lowest BCUT2D eigenvalue weighted by atomic mass is 10.1. The van der Waals surface area contributed by atoms with Gasteiger partial charge in [0.15, 0.2) is 5.82 Å². The lowest BCUT2D eigenvalue weighted by molar-refractivity contribution is 0.669. The van der Waals surface area contributed by atoms with Crippen molar-refractivity contribution < 1.29 is 4.42 Å². The number of furan rings is 1. The second-order valence-electron chi connectivity index (χ2n) is 15.4. The van der Waals surface area contributed by atoms with Crippen LogP contribution in [0.4, 0.5) is 0 Å². The molecular formula is C54H32N4O. The van der Waals surface area contributed by atoms with Crippen LogP contribution in [-0.2, 0) is 0 Å². The average Bonchev–Trinajstić information content (AvgIpc) is 3.95. The fourth-order valence-corrected chi connectivity index (χ4v) is 9.42. The maximum absolute atomic E-state index is 6.50. The van der Waals surface area contributed by atoms with Gasteiger partial charge in [0.25, 0.3) is 0 Å². The molecule has 0 atom stereocenters. The molecular weight excluding hydrogens is 721 g/mol. The van der Waals surface area contributed by atoms with Crippen LogP contribution in [0.3, 0.4) is 0 Å². The molecule has 4 heterocycles. The lowest BCUT2D eigenvalue weighted by Gasteiger charge is -2.12. The van der Waals surface area contributed by atoms with E-state index in [1.807, 2.05) is 24.3 Å². The van der Waals surface area contributed by atoms with Gasteiger partial charge in [0.1, 0.15) is 11.2 Å². The van der Waals surface area contributed by atoms with E-state index in [-0.39, 0.29) is 0 Å². The number of rotatable bonds is 4. The van der Waals surface area contributed by atoms with Crippen molar-refractivity contribution in [2.75, 3.05) is 0 Å². The zero-order valence-corrected chi connectivity index (χ0v) is 31.7. The van der Waals surface area contributed by atoms with Crippen molar-refractivity contribution in [2.24, 2.45) is 0 Å².